The number of amides is 2. The van der Waals surface area contributed by atoms with Crippen molar-refractivity contribution in [3.8, 4) is 0 Å². The molecular weight excluding hydrogens is 548 g/mol. The summed E-state index contributed by atoms with van der Waals surface area (Å²) in [6.45, 7) is 3.60. The molecule has 0 bridgehead atoms. The van der Waals surface area contributed by atoms with Crippen LogP contribution in [0.5, 0.6) is 0 Å². The number of carbonyl (C=O) groups excluding carboxylic acids is 2. The summed E-state index contributed by atoms with van der Waals surface area (Å²) in [4.78, 5) is 25.5. The second-order valence-electron chi connectivity index (χ2n) is 10.2. The van der Waals surface area contributed by atoms with Gasteiger partial charge in [-0.2, -0.15) is 0 Å². The van der Waals surface area contributed by atoms with Crippen LogP contribution in [0.15, 0.2) is 48.1 Å². The number of nitrogens with one attached hydrogen (secondary N) is 2. The fourth-order valence-electron chi connectivity index (χ4n) is 4.81. The Morgan fingerprint density at radius 2 is 1.55 bits per heavy atom. The lowest BCUT2D eigenvalue weighted by atomic mass is 9.80. The van der Waals surface area contributed by atoms with Crippen LogP contribution in [0, 0.1) is 29.6 Å². The molecule has 2 amide bonds. The molecule has 2 aromatic rings. The van der Waals surface area contributed by atoms with Crippen molar-refractivity contribution in [3.63, 3.8) is 0 Å². The zero-order valence-corrected chi connectivity index (χ0v) is 24.3. The van der Waals surface area contributed by atoms with E-state index < -0.39 is 11.8 Å². The number of hydrogen-bond acceptors (Lipinski definition) is 10. The van der Waals surface area contributed by atoms with Crippen LogP contribution in [0.1, 0.15) is 43.1 Å². The Balaban J connectivity index is 1.20. The van der Waals surface area contributed by atoms with Crippen molar-refractivity contribution in [1.82, 2.24) is 20.4 Å². The van der Waals surface area contributed by atoms with Gasteiger partial charge in [0.15, 0.2) is 0 Å². The minimum absolute atomic E-state index is 0.0667. The fraction of sp³-hybridized carbons (Fsp3) is 0.500. The Labute approximate surface area is 242 Å². The second-order valence-corrected chi connectivity index (χ2v) is 12.3. The van der Waals surface area contributed by atoms with Gasteiger partial charge in [0, 0.05) is 12.8 Å². The highest BCUT2D eigenvalue weighted by Crippen LogP contribution is 2.29. The quantitative estimate of drug-likeness (QED) is 0.259. The van der Waals surface area contributed by atoms with Crippen LogP contribution in [-0.4, -0.2) is 55.6 Å². The number of unbranched alkanes of at least 4 members (excludes halogenated alkanes) is 1. The summed E-state index contributed by atoms with van der Waals surface area (Å²) >= 11 is 2.67. The highest BCUT2D eigenvalue weighted by atomic mass is 32.1. The number of nitrogens with zero attached hydrogens (tertiary/aromatic N) is 4. The summed E-state index contributed by atoms with van der Waals surface area (Å²) in [6.07, 6.45) is 17.9. The zero-order valence-electron chi connectivity index (χ0n) is 22.7. The van der Waals surface area contributed by atoms with Crippen LogP contribution in [0.3, 0.4) is 0 Å². The summed E-state index contributed by atoms with van der Waals surface area (Å²) in [7, 11) is 0. The number of hydrogen-bond donors (Lipinski definition) is 4. The van der Waals surface area contributed by atoms with Gasteiger partial charge in [0.25, 0.3) is 0 Å². The first-order valence-corrected chi connectivity index (χ1v) is 15.2. The van der Waals surface area contributed by atoms with Crippen LogP contribution in [0.4, 0.5) is 10.3 Å². The van der Waals surface area contributed by atoms with Gasteiger partial charge in [-0.15, -0.1) is 20.4 Å². The Morgan fingerprint density at radius 1 is 0.925 bits per heavy atom. The van der Waals surface area contributed by atoms with Gasteiger partial charge < -0.3 is 15.5 Å². The maximum Gasteiger partial charge on any atom is 0.236 e. The molecule has 4 N–H and O–H groups in total. The number of aliphatic hydroxyl groups is 2. The van der Waals surface area contributed by atoms with Crippen molar-refractivity contribution in [2.75, 3.05) is 23.8 Å². The van der Waals surface area contributed by atoms with E-state index in [0.29, 0.717) is 29.0 Å². The highest BCUT2D eigenvalue weighted by Gasteiger charge is 2.30. The molecule has 0 spiro atoms. The summed E-state index contributed by atoms with van der Waals surface area (Å²) in [5.74, 6) is -1.30. The van der Waals surface area contributed by atoms with E-state index in [4.69, 9.17) is 0 Å². The number of allylic oxidation sites excluding steroid dienone is 7. The molecule has 2 aliphatic carbocycles. The summed E-state index contributed by atoms with van der Waals surface area (Å²) in [5, 5.41) is 44.3. The standard InChI is InChI=1S/C28H36N6O4S2/c1-17-8-7-10-19(14-17)21(15-35)25(37)29-27-33-31-23(39-27)12-5-6-13-24-32-34-28(40-24)30-26(38)22(16-36)20-11-4-3-9-18(20)2/h3-4,7,9-11,14,17-18,20-22,35-36H,5-6,8,12-13,15-16H2,1-2H3,(H,29,33,37)(H,30,34,38). The van der Waals surface area contributed by atoms with Gasteiger partial charge >= 0.3 is 0 Å². The zero-order chi connectivity index (χ0) is 28.5. The summed E-state index contributed by atoms with van der Waals surface area (Å²) in [5.41, 5.74) is 0.824. The molecule has 214 valence electrons. The molecule has 4 rings (SSSR count). The fourth-order valence-corrected chi connectivity index (χ4v) is 6.38. The first kappa shape index (κ1) is 29.9. The summed E-state index contributed by atoms with van der Waals surface area (Å²) < 4.78 is 0. The van der Waals surface area contributed by atoms with Gasteiger partial charge in [0.2, 0.25) is 22.1 Å². The van der Waals surface area contributed by atoms with Crippen molar-refractivity contribution in [2.24, 2.45) is 29.6 Å². The van der Waals surface area contributed by atoms with Gasteiger partial charge in [0.1, 0.15) is 10.0 Å². The van der Waals surface area contributed by atoms with Gasteiger partial charge in [-0.3, -0.25) is 14.9 Å². The van der Waals surface area contributed by atoms with Crippen LogP contribution in [-0.2, 0) is 22.4 Å². The van der Waals surface area contributed by atoms with Gasteiger partial charge in [-0.05, 0) is 42.6 Å². The first-order chi connectivity index (χ1) is 19.4. The van der Waals surface area contributed by atoms with Crippen molar-refractivity contribution in [3.05, 3.63) is 58.1 Å². The Kier molecular flexibility index (Phi) is 10.9. The minimum atomic E-state index is -0.632. The number of aromatic nitrogens is 4. The molecule has 40 heavy (non-hydrogen) atoms. The number of aliphatic hydroxyl groups excluding tert-OH is 2. The normalized spacial score (nSPS) is 21.6. The van der Waals surface area contributed by atoms with Crippen LogP contribution in [0.25, 0.3) is 0 Å². The van der Waals surface area contributed by atoms with Crippen LogP contribution >= 0.6 is 22.7 Å². The molecule has 2 aliphatic rings. The Hall–Kier alpha value is -3.06. The average Bonchev–Trinajstić information content (AvgIpc) is 3.57. The monoisotopic (exact) mass is 584 g/mol. The van der Waals surface area contributed by atoms with Crippen molar-refractivity contribution < 1.29 is 19.8 Å². The molecular formula is C28H36N6O4S2. The van der Waals surface area contributed by atoms with Crippen LogP contribution < -0.4 is 10.6 Å². The third-order valence-corrected chi connectivity index (χ3v) is 8.88. The first-order valence-electron chi connectivity index (χ1n) is 13.6. The maximum absolute atomic E-state index is 12.8. The van der Waals surface area contributed by atoms with Crippen molar-refractivity contribution in [1.29, 1.82) is 0 Å². The second kappa shape index (κ2) is 14.5. The van der Waals surface area contributed by atoms with E-state index in [1.54, 1.807) is 0 Å². The molecule has 5 unspecified atom stereocenters. The van der Waals surface area contributed by atoms with Crippen molar-refractivity contribution >= 4 is 44.8 Å². The van der Waals surface area contributed by atoms with E-state index in [1.807, 2.05) is 49.5 Å². The molecule has 12 heteroatoms. The third-order valence-electron chi connectivity index (χ3n) is 7.09. The van der Waals surface area contributed by atoms with E-state index in [9.17, 15) is 19.8 Å². The third kappa shape index (κ3) is 8.00. The lowest BCUT2D eigenvalue weighted by Crippen LogP contribution is -2.34. The van der Waals surface area contributed by atoms with Gasteiger partial charge in [-0.1, -0.05) is 79.1 Å². The molecule has 0 radical (unpaired) electrons. The SMILES string of the molecule is CC1C=C(C(CO)C(=O)Nc2nnc(CCCCc3nnc(NC(=O)C(CO)C4C=CC=CC4C)s3)s2)C=CC1. The predicted octanol–water partition coefficient (Wildman–Crippen LogP) is 3.95. The lowest BCUT2D eigenvalue weighted by Gasteiger charge is -2.27. The van der Waals surface area contributed by atoms with E-state index in [1.165, 1.54) is 22.7 Å². The Morgan fingerprint density at radius 3 is 2.12 bits per heavy atom. The van der Waals surface area contributed by atoms with Gasteiger partial charge in [0.05, 0.1) is 25.0 Å². The molecule has 0 fully saturated rings. The molecule has 5 atom stereocenters. The number of carbonyl (C=O) groups is 2. The van der Waals surface area contributed by atoms with E-state index in [0.717, 1.165) is 34.9 Å². The van der Waals surface area contributed by atoms with Gasteiger partial charge in [-0.25, -0.2) is 0 Å². The summed E-state index contributed by atoms with van der Waals surface area (Å²) in [6, 6.07) is 0. The minimum Gasteiger partial charge on any atom is -0.396 e. The number of rotatable bonds is 13. The number of anilines is 2. The average molecular weight is 585 g/mol. The molecule has 2 heterocycles. The molecule has 2 aromatic heterocycles. The number of aryl methyl sites for hydroxylation is 2. The largest absolute Gasteiger partial charge is 0.396 e. The Bertz CT molecular complexity index is 1280. The molecule has 0 saturated carbocycles. The molecule has 0 aliphatic heterocycles. The molecule has 0 saturated heterocycles. The molecule has 0 aromatic carbocycles. The molecule has 10 nitrogen and oxygen atoms in total. The topological polar surface area (TPSA) is 150 Å². The van der Waals surface area contributed by atoms with Crippen LogP contribution in [0.2, 0.25) is 0 Å². The van der Waals surface area contributed by atoms with E-state index in [-0.39, 0.29) is 36.9 Å². The van der Waals surface area contributed by atoms with E-state index in [2.05, 4.69) is 38.0 Å². The van der Waals surface area contributed by atoms with Crippen molar-refractivity contribution in [2.45, 2.75) is 46.0 Å². The predicted molar refractivity (Wildman–Crippen MR) is 157 cm³/mol. The highest BCUT2D eigenvalue weighted by molar-refractivity contribution is 7.15. The smallest absolute Gasteiger partial charge is 0.236 e. The maximum atomic E-state index is 12.8. The lowest BCUT2D eigenvalue weighted by molar-refractivity contribution is -0.122. The van der Waals surface area contributed by atoms with E-state index >= 15 is 0 Å².